The van der Waals surface area contributed by atoms with Crippen molar-refractivity contribution in [1.29, 1.82) is 0 Å². The minimum absolute atomic E-state index is 0.0406. The number of fused-ring (bicyclic) bond motifs is 1. The summed E-state index contributed by atoms with van der Waals surface area (Å²) in [6.45, 7) is 2.43. The molecule has 0 radical (unpaired) electrons. The van der Waals surface area contributed by atoms with E-state index in [1.807, 2.05) is 31.2 Å². The second-order valence-corrected chi connectivity index (χ2v) is 6.46. The van der Waals surface area contributed by atoms with Gasteiger partial charge in [0.25, 0.3) is 5.91 Å². The lowest BCUT2D eigenvalue weighted by molar-refractivity contribution is -0.129. The molecule has 2 unspecified atom stereocenters. The van der Waals surface area contributed by atoms with Gasteiger partial charge in [0.1, 0.15) is 18.8 Å². The predicted molar refractivity (Wildman–Crippen MR) is 96.0 cm³/mol. The Bertz CT molecular complexity index is 696. The molecule has 2 fully saturated rings. The summed E-state index contributed by atoms with van der Waals surface area (Å²) in [6, 6.07) is 4.82. The number of carbonyl (C=O) groups is 2. The fourth-order valence-electron chi connectivity index (χ4n) is 3.40. The summed E-state index contributed by atoms with van der Waals surface area (Å²) in [5.74, 6) is 0.834. The van der Waals surface area contributed by atoms with Gasteiger partial charge in [-0.1, -0.05) is 18.2 Å². The maximum Gasteiger partial charge on any atom is 0.327 e. The Morgan fingerprint density at radius 1 is 1.35 bits per heavy atom. The van der Waals surface area contributed by atoms with Gasteiger partial charge in [-0.15, -0.1) is 0 Å². The zero-order chi connectivity index (χ0) is 18.7. The minimum Gasteiger partial charge on any atom is -0.493 e. The molecule has 2 atom stereocenters. The van der Waals surface area contributed by atoms with Crippen molar-refractivity contribution >= 4 is 18.0 Å². The van der Waals surface area contributed by atoms with Crippen LogP contribution in [-0.4, -0.2) is 65.8 Å². The summed E-state index contributed by atoms with van der Waals surface area (Å²) in [5.41, 5.74) is 0.978. The quantitative estimate of drug-likeness (QED) is 0.751. The third-order valence-electron chi connectivity index (χ3n) is 4.65. The largest absolute Gasteiger partial charge is 0.493 e. The molecular weight excluding hydrogens is 336 g/mol. The Morgan fingerprint density at radius 3 is 2.85 bits per heavy atom. The molecule has 26 heavy (non-hydrogen) atoms. The maximum absolute atomic E-state index is 12.3. The van der Waals surface area contributed by atoms with Gasteiger partial charge in [0.05, 0.1) is 13.7 Å². The second kappa shape index (κ2) is 7.78. The van der Waals surface area contributed by atoms with E-state index in [-0.39, 0.29) is 31.1 Å². The van der Waals surface area contributed by atoms with Gasteiger partial charge in [-0.3, -0.25) is 9.69 Å². The van der Waals surface area contributed by atoms with Crippen LogP contribution in [0.3, 0.4) is 0 Å². The summed E-state index contributed by atoms with van der Waals surface area (Å²) in [7, 11) is 1.55. The molecule has 2 heterocycles. The van der Waals surface area contributed by atoms with Gasteiger partial charge in [0, 0.05) is 6.54 Å². The summed E-state index contributed by atoms with van der Waals surface area (Å²) in [5, 5.41) is 10.2. The van der Waals surface area contributed by atoms with Gasteiger partial charge in [-0.05, 0) is 37.5 Å². The van der Waals surface area contributed by atoms with Crippen molar-refractivity contribution in [3.63, 3.8) is 0 Å². The van der Waals surface area contributed by atoms with E-state index in [9.17, 15) is 14.7 Å². The van der Waals surface area contributed by atoms with Crippen LogP contribution < -0.4 is 9.47 Å². The standard InChI is InChI=1S/C19H24N2O5/c1-3-5-13-7-8-16(17(10-13)25-2)26-12-14(22)11-21-18(23)15-6-4-9-20(15)19(21)24/h3,5,7-8,10,14-15,22H,4,6,9,11-12H2,1-2H3/b5-3+. The Balaban J connectivity index is 1.58. The SMILES string of the molecule is C/C=C/c1ccc(OCC(O)CN2C(=O)C3CCCN3C2=O)c(OC)c1. The number of amides is 3. The predicted octanol–water partition coefficient (Wildman–Crippen LogP) is 1.89. The number of rotatable bonds is 7. The zero-order valence-corrected chi connectivity index (χ0v) is 15.1. The van der Waals surface area contributed by atoms with Gasteiger partial charge in [-0.25, -0.2) is 4.79 Å². The second-order valence-electron chi connectivity index (χ2n) is 6.46. The monoisotopic (exact) mass is 360 g/mol. The third-order valence-corrected chi connectivity index (χ3v) is 4.65. The Labute approximate surface area is 152 Å². The van der Waals surface area contributed by atoms with Crippen LogP contribution in [0.2, 0.25) is 0 Å². The molecule has 7 heteroatoms. The first-order valence-electron chi connectivity index (χ1n) is 8.78. The van der Waals surface area contributed by atoms with E-state index in [1.54, 1.807) is 18.1 Å². The normalized spacial score (nSPS) is 20.8. The van der Waals surface area contributed by atoms with Crippen LogP contribution in [0.25, 0.3) is 6.08 Å². The van der Waals surface area contributed by atoms with Crippen LogP contribution in [-0.2, 0) is 4.79 Å². The van der Waals surface area contributed by atoms with Crippen molar-refractivity contribution in [3.8, 4) is 11.5 Å². The molecular formula is C19H24N2O5. The first-order valence-corrected chi connectivity index (χ1v) is 8.78. The molecule has 1 aromatic carbocycles. The number of aliphatic hydroxyl groups excluding tert-OH is 1. The molecule has 0 saturated carbocycles. The van der Waals surface area contributed by atoms with E-state index in [0.717, 1.165) is 16.9 Å². The zero-order valence-electron chi connectivity index (χ0n) is 15.1. The topological polar surface area (TPSA) is 79.3 Å². The van der Waals surface area contributed by atoms with Crippen molar-refractivity contribution in [2.45, 2.75) is 31.9 Å². The lowest BCUT2D eigenvalue weighted by atomic mass is 10.2. The first-order chi connectivity index (χ1) is 12.5. The summed E-state index contributed by atoms with van der Waals surface area (Å²) >= 11 is 0. The molecule has 3 amide bonds. The Hall–Kier alpha value is -2.54. The third kappa shape index (κ3) is 3.53. The Morgan fingerprint density at radius 2 is 2.15 bits per heavy atom. The number of hydrogen-bond acceptors (Lipinski definition) is 5. The number of methoxy groups -OCH3 is 1. The van der Waals surface area contributed by atoms with Crippen molar-refractivity contribution in [1.82, 2.24) is 9.80 Å². The van der Waals surface area contributed by atoms with Crippen LogP contribution in [0.1, 0.15) is 25.3 Å². The van der Waals surface area contributed by atoms with E-state index in [1.165, 1.54) is 0 Å². The molecule has 2 aliphatic rings. The van der Waals surface area contributed by atoms with Crippen LogP contribution in [0.5, 0.6) is 11.5 Å². The van der Waals surface area contributed by atoms with Gasteiger partial charge < -0.3 is 19.5 Å². The lowest BCUT2D eigenvalue weighted by Gasteiger charge is -2.20. The molecule has 0 bridgehead atoms. The van der Waals surface area contributed by atoms with Gasteiger partial charge in [0.2, 0.25) is 0 Å². The van der Waals surface area contributed by atoms with Crippen molar-refractivity contribution in [2.75, 3.05) is 26.8 Å². The molecule has 2 saturated heterocycles. The van der Waals surface area contributed by atoms with Gasteiger partial charge >= 0.3 is 6.03 Å². The average molecular weight is 360 g/mol. The fraction of sp³-hybridized carbons (Fsp3) is 0.474. The Kier molecular flexibility index (Phi) is 5.46. The molecule has 140 valence electrons. The van der Waals surface area contributed by atoms with Crippen molar-refractivity contribution < 1.29 is 24.2 Å². The molecule has 3 rings (SSSR count). The van der Waals surface area contributed by atoms with Crippen LogP contribution >= 0.6 is 0 Å². The minimum atomic E-state index is -0.970. The molecule has 1 N–H and O–H groups in total. The van der Waals surface area contributed by atoms with E-state index >= 15 is 0 Å². The number of hydrogen-bond donors (Lipinski definition) is 1. The number of β-amino-alcohol motifs (C(OH)–C–C–N with tert-alkyl or cyclic N) is 1. The van der Waals surface area contributed by atoms with Crippen LogP contribution in [0.4, 0.5) is 4.79 Å². The number of ether oxygens (including phenoxy) is 2. The van der Waals surface area contributed by atoms with E-state index < -0.39 is 6.10 Å². The summed E-state index contributed by atoms with van der Waals surface area (Å²) < 4.78 is 11.0. The molecule has 0 aromatic heterocycles. The molecule has 0 spiro atoms. The van der Waals surface area contributed by atoms with E-state index in [0.29, 0.717) is 24.5 Å². The molecule has 7 nitrogen and oxygen atoms in total. The maximum atomic E-state index is 12.3. The van der Waals surface area contributed by atoms with E-state index in [2.05, 4.69) is 0 Å². The number of benzene rings is 1. The summed E-state index contributed by atoms with van der Waals surface area (Å²) in [6.07, 6.45) is 4.45. The lowest BCUT2D eigenvalue weighted by Crippen LogP contribution is -2.41. The highest BCUT2D eigenvalue weighted by atomic mass is 16.5. The molecule has 1 aromatic rings. The number of allylic oxidation sites excluding steroid dienone is 1. The van der Waals surface area contributed by atoms with Crippen LogP contribution in [0.15, 0.2) is 24.3 Å². The van der Waals surface area contributed by atoms with Gasteiger partial charge in [-0.2, -0.15) is 0 Å². The number of urea groups is 1. The van der Waals surface area contributed by atoms with E-state index in [4.69, 9.17) is 9.47 Å². The highest BCUT2D eigenvalue weighted by Crippen LogP contribution is 2.29. The highest BCUT2D eigenvalue weighted by Gasteiger charge is 2.47. The van der Waals surface area contributed by atoms with Gasteiger partial charge in [0.15, 0.2) is 11.5 Å². The highest BCUT2D eigenvalue weighted by molar-refractivity contribution is 6.04. The van der Waals surface area contributed by atoms with Crippen LogP contribution in [0, 0.1) is 0 Å². The molecule has 2 aliphatic heterocycles. The first kappa shape index (κ1) is 18.3. The van der Waals surface area contributed by atoms with Crippen molar-refractivity contribution in [3.05, 3.63) is 29.8 Å². The number of aliphatic hydroxyl groups is 1. The number of nitrogens with zero attached hydrogens (tertiary/aromatic N) is 2. The fourth-order valence-corrected chi connectivity index (χ4v) is 3.40. The molecule has 0 aliphatic carbocycles. The van der Waals surface area contributed by atoms with Crippen molar-refractivity contribution in [2.24, 2.45) is 0 Å². The smallest absolute Gasteiger partial charge is 0.327 e. The summed E-state index contributed by atoms with van der Waals surface area (Å²) in [4.78, 5) is 27.3. The number of imide groups is 1. The average Bonchev–Trinajstić information content (AvgIpc) is 3.20. The number of carbonyl (C=O) groups excluding carboxylic acids is 2.